The Morgan fingerprint density at radius 2 is 2.00 bits per heavy atom. The summed E-state index contributed by atoms with van der Waals surface area (Å²) >= 11 is 0. The minimum Gasteiger partial charge on any atom is -0.384 e. The van der Waals surface area contributed by atoms with Crippen molar-refractivity contribution in [3.05, 3.63) is 29.8 Å². The molecule has 0 heterocycles. The van der Waals surface area contributed by atoms with Gasteiger partial charge in [0.2, 0.25) is 0 Å². The maximum Gasteiger partial charge on any atom is 0.0715 e. The Hall–Kier alpha value is -1.06. The summed E-state index contributed by atoms with van der Waals surface area (Å²) in [4.78, 5) is 0. The van der Waals surface area contributed by atoms with Gasteiger partial charge in [-0.15, -0.1) is 0 Å². The number of anilines is 1. The zero-order valence-electron chi connectivity index (χ0n) is 10.3. The average Bonchev–Trinajstić information content (AvgIpc) is 2.34. The molecule has 0 amide bonds. The van der Waals surface area contributed by atoms with Crippen LogP contribution < -0.4 is 5.32 Å². The van der Waals surface area contributed by atoms with Gasteiger partial charge in [-0.05, 0) is 25.0 Å². The molecule has 1 rings (SSSR count). The van der Waals surface area contributed by atoms with Crippen LogP contribution in [0.25, 0.3) is 0 Å². The molecule has 0 aliphatic carbocycles. The Balaban J connectivity index is 2.56. The molecular weight excluding hydrogens is 202 g/mol. The highest BCUT2D eigenvalue weighted by atomic mass is 16.5. The second-order valence-corrected chi connectivity index (χ2v) is 3.83. The summed E-state index contributed by atoms with van der Waals surface area (Å²) in [6.07, 6.45) is 1.15. The van der Waals surface area contributed by atoms with Crippen molar-refractivity contribution in [2.24, 2.45) is 0 Å². The summed E-state index contributed by atoms with van der Waals surface area (Å²) in [6.45, 7) is 3.61. The number of methoxy groups -OCH3 is 2. The number of hydrogen-bond acceptors (Lipinski definition) is 3. The van der Waals surface area contributed by atoms with Gasteiger partial charge in [0.25, 0.3) is 0 Å². The number of rotatable bonds is 7. The minimum absolute atomic E-state index is 0.218. The molecule has 0 saturated carbocycles. The van der Waals surface area contributed by atoms with E-state index in [1.165, 1.54) is 11.3 Å². The highest BCUT2D eigenvalue weighted by Gasteiger charge is 2.03. The van der Waals surface area contributed by atoms with E-state index in [4.69, 9.17) is 9.47 Å². The number of benzene rings is 1. The number of para-hydroxylation sites is 1. The first-order chi connectivity index (χ1) is 7.77. The highest BCUT2D eigenvalue weighted by molar-refractivity contribution is 5.51. The number of hydrogen-bond donors (Lipinski definition) is 1. The van der Waals surface area contributed by atoms with Crippen molar-refractivity contribution in [2.45, 2.75) is 19.4 Å². The first kappa shape index (κ1) is 13.0. The van der Waals surface area contributed by atoms with Gasteiger partial charge < -0.3 is 14.8 Å². The van der Waals surface area contributed by atoms with Gasteiger partial charge in [-0.25, -0.2) is 0 Å². The quantitative estimate of drug-likeness (QED) is 0.769. The maximum atomic E-state index is 5.21. The van der Waals surface area contributed by atoms with Crippen LogP contribution in [0, 0.1) is 0 Å². The van der Waals surface area contributed by atoms with E-state index in [2.05, 4.69) is 23.5 Å². The Labute approximate surface area is 97.8 Å². The molecule has 0 bridgehead atoms. The maximum absolute atomic E-state index is 5.21. The monoisotopic (exact) mass is 223 g/mol. The molecule has 1 aromatic carbocycles. The van der Waals surface area contributed by atoms with Crippen LogP contribution in [-0.2, 0) is 15.9 Å². The third-order valence-corrected chi connectivity index (χ3v) is 2.58. The van der Waals surface area contributed by atoms with Crippen LogP contribution >= 0.6 is 0 Å². The Bertz CT molecular complexity index is 302. The molecule has 0 aliphatic heterocycles. The van der Waals surface area contributed by atoms with E-state index < -0.39 is 0 Å². The lowest BCUT2D eigenvalue weighted by Crippen LogP contribution is -2.18. The minimum atomic E-state index is 0.218. The predicted molar refractivity (Wildman–Crippen MR) is 67.0 cm³/mol. The molecule has 3 heteroatoms. The molecule has 1 aromatic rings. The molecule has 1 N–H and O–H groups in total. The Kier molecular flexibility index (Phi) is 5.90. The lowest BCUT2D eigenvalue weighted by Gasteiger charge is -2.15. The van der Waals surface area contributed by atoms with Crippen LogP contribution in [0.3, 0.4) is 0 Å². The molecule has 0 saturated heterocycles. The van der Waals surface area contributed by atoms with E-state index in [1.54, 1.807) is 14.2 Å². The molecule has 1 unspecified atom stereocenters. The molecule has 0 spiro atoms. The molecule has 0 fully saturated rings. The fourth-order valence-electron chi connectivity index (χ4n) is 1.46. The van der Waals surface area contributed by atoms with Gasteiger partial charge in [0.15, 0.2) is 0 Å². The fourth-order valence-corrected chi connectivity index (χ4v) is 1.46. The van der Waals surface area contributed by atoms with E-state index in [0.29, 0.717) is 0 Å². The zero-order valence-corrected chi connectivity index (χ0v) is 10.3. The third-order valence-electron chi connectivity index (χ3n) is 2.58. The molecule has 0 aliphatic rings. The Morgan fingerprint density at radius 3 is 2.69 bits per heavy atom. The van der Waals surface area contributed by atoms with Crippen LogP contribution in [0.15, 0.2) is 24.3 Å². The van der Waals surface area contributed by atoms with Crippen LogP contribution in [0.1, 0.15) is 12.5 Å². The van der Waals surface area contributed by atoms with Crippen molar-refractivity contribution in [2.75, 3.05) is 32.7 Å². The topological polar surface area (TPSA) is 30.5 Å². The summed E-state index contributed by atoms with van der Waals surface area (Å²) in [5.74, 6) is 0. The SMILES string of the molecule is COCCc1ccccc1NCC(C)OC. The van der Waals surface area contributed by atoms with E-state index in [1.807, 2.05) is 13.0 Å². The van der Waals surface area contributed by atoms with Crippen molar-refractivity contribution in [3.8, 4) is 0 Å². The van der Waals surface area contributed by atoms with Crippen LogP contribution in [0.4, 0.5) is 5.69 Å². The van der Waals surface area contributed by atoms with E-state index in [0.717, 1.165) is 19.6 Å². The smallest absolute Gasteiger partial charge is 0.0715 e. The molecule has 0 radical (unpaired) electrons. The summed E-state index contributed by atoms with van der Waals surface area (Å²) in [7, 11) is 3.45. The van der Waals surface area contributed by atoms with Crippen molar-refractivity contribution < 1.29 is 9.47 Å². The van der Waals surface area contributed by atoms with Gasteiger partial charge >= 0.3 is 0 Å². The summed E-state index contributed by atoms with van der Waals surface area (Å²) in [5.41, 5.74) is 2.45. The molecular formula is C13H21NO2. The van der Waals surface area contributed by atoms with E-state index in [9.17, 15) is 0 Å². The predicted octanol–water partition coefficient (Wildman–Crippen LogP) is 2.32. The van der Waals surface area contributed by atoms with Crippen molar-refractivity contribution in [1.29, 1.82) is 0 Å². The van der Waals surface area contributed by atoms with Crippen LogP contribution in [-0.4, -0.2) is 33.5 Å². The van der Waals surface area contributed by atoms with Gasteiger partial charge in [-0.3, -0.25) is 0 Å². The van der Waals surface area contributed by atoms with Crippen LogP contribution in [0.5, 0.6) is 0 Å². The van der Waals surface area contributed by atoms with Crippen molar-refractivity contribution in [3.63, 3.8) is 0 Å². The molecule has 90 valence electrons. The fraction of sp³-hybridized carbons (Fsp3) is 0.538. The highest BCUT2D eigenvalue weighted by Crippen LogP contribution is 2.15. The zero-order chi connectivity index (χ0) is 11.8. The summed E-state index contributed by atoms with van der Waals surface area (Å²) in [5, 5.41) is 3.39. The van der Waals surface area contributed by atoms with Gasteiger partial charge in [-0.1, -0.05) is 18.2 Å². The lowest BCUT2D eigenvalue weighted by molar-refractivity contribution is 0.129. The largest absolute Gasteiger partial charge is 0.384 e. The first-order valence-corrected chi connectivity index (χ1v) is 5.61. The third kappa shape index (κ3) is 4.21. The second-order valence-electron chi connectivity index (χ2n) is 3.83. The molecule has 1 atom stereocenters. The molecule has 3 nitrogen and oxygen atoms in total. The lowest BCUT2D eigenvalue weighted by atomic mass is 10.1. The normalized spacial score (nSPS) is 12.4. The van der Waals surface area contributed by atoms with Gasteiger partial charge in [0, 0.05) is 26.5 Å². The van der Waals surface area contributed by atoms with Gasteiger partial charge in [-0.2, -0.15) is 0 Å². The second kappa shape index (κ2) is 7.25. The standard InChI is InChI=1S/C13H21NO2/c1-11(16-3)10-14-13-7-5-4-6-12(13)8-9-15-2/h4-7,11,14H,8-10H2,1-3H3. The average molecular weight is 223 g/mol. The van der Waals surface area contributed by atoms with Crippen LogP contribution in [0.2, 0.25) is 0 Å². The summed E-state index contributed by atoms with van der Waals surface area (Å²) < 4.78 is 10.3. The van der Waals surface area contributed by atoms with Crippen molar-refractivity contribution >= 4 is 5.69 Å². The number of nitrogens with one attached hydrogen (secondary N) is 1. The van der Waals surface area contributed by atoms with Gasteiger partial charge in [0.05, 0.1) is 12.7 Å². The number of ether oxygens (including phenoxy) is 2. The van der Waals surface area contributed by atoms with E-state index >= 15 is 0 Å². The van der Waals surface area contributed by atoms with Gasteiger partial charge in [0.1, 0.15) is 0 Å². The van der Waals surface area contributed by atoms with E-state index in [-0.39, 0.29) is 6.10 Å². The van der Waals surface area contributed by atoms with Crippen molar-refractivity contribution in [1.82, 2.24) is 0 Å². The summed E-state index contributed by atoms with van der Waals surface area (Å²) in [6, 6.07) is 8.30. The molecule has 0 aromatic heterocycles. The Morgan fingerprint density at radius 1 is 1.25 bits per heavy atom. The first-order valence-electron chi connectivity index (χ1n) is 5.61. The molecule has 16 heavy (non-hydrogen) atoms.